The number of primary amides is 1. The Balaban J connectivity index is 1.79. The van der Waals surface area contributed by atoms with E-state index in [1.54, 1.807) is 11.4 Å². The van der Waals surface area contributed by atoms with Gasteiger partial charge in [0.05, 0.1) is 18.2 Å². The van der Waals surface area contributed by atoms with E-state index in [0.717, 1.165) is 13.1 Å². The van der Waals surface area contributed by atoms with Crippen LogP contribution in [0.3, 0.4) is 0 Å². The van der Waals surface area contributed by atoms with Crippen molar-refractivity contribution in [2.75, 3.05) is 44.6 Å². The Labute approximate surface area is 164 Å². The highest BCUT2D eigenvalue weighted by molar-refractivity contribution is 7.14. The summed E-state index contributed by atoms with van der Waals surface area (Å²) in [6, 6.07) is 1.28. The minimum Gasteiger partial charge on any atom is -0.366 e. The number of carbonyl (C=O) groups is 3. The van der Waals surface area contributed by atoms with Gasteiger partial charge in [-0.15, -0.1) is 11.3 Å². The second kappa shape index (κ2) is 9.82. The van der Waals surface area contributed by atoms with Gasteiger partial charge in [-0.1, -0.05) is 13.8 Å². The molecule has 3 amide bonds. The molecule has 2 rings (SSSR count). The maximum absolute atomic E-state index is 12.5. The molecule has 1 aromatic rings. The molecule has 27 heavy (non-hydrogen) atoms. The lowest BCUT2D eigenvalue weighted by Gasteiger charge is -2.37. The van der Waals surface area contributed by atoms with Crippen LogP contribution in [0.15, 0.2) is 11.4 Å². The molecule has 1 unspecified atom stereocenters. The predicted octanol–water partition coefficient (Wildman–Crippen LogP) is 0.564. The molecule has 0 saturated carbocycles. The monoisotopic (exact) mass is 395 g/mol. The highest BCUT2D eigenvalue weighted by Crippen LogP contribution is 2.23. The van der Waals surface area contributed by atoms with Crippen LogP contribution in [0.5, 0.6) is 0 Å². The van der Waals surface area contributed by atoms with E-state index in [9.17, 15) is 14.4 Å². The van der Waals surface area contributed by atoms with Gasteiger partial charge in [-0.25, -0.2) is 0 Å². The summed E-state index contributed by atoms with van der Waals surface area (Å²) in [5.41, 5.74) is 5.65. The topological polar surface area (TPSA) is 108 Å². The molecule has 1 aliphatic heterocycles. The zero-order valence-electron chi connectivity index (χ0n) is 16.2. The largest absolute Gasteiger partial charge is 0.366 e. The minimum absolute atomic E-state index is 0.0413. The average Bonchev–Trinajstić information content (AvgIpc) is 3.08. The molecular weight excluding hydrogens is 366 g/mol. The number of thiophene rings is 1. The fraction of sp³-hybridized carbons (Fsp3) is 0.611. The van der Waals surface area contributed by atoms with Crippen LogP contribution in [-0.2, 0) is 9.59 Å². The summed E-state index contributed by atoms with van der Waals surface area (Å²) in [5, 5.41) is 7.94. The SMILES string of the molecule is CC(C)CNC(=O)CN1CCN(C(C)C(=O)Nc2sccc2C(N)=O)CC1. The maximum Gasteiger partial charge on any atom is 0.251 e. The van der Waals surface area contributed by atoms with Crippen molar-refractivity contribution in [2.24, 2.45) is 11.7 Å². The summed E-state index contributed by atoms with van der Waals surface area (Å²) in [5.74, 6) is -0.241. The van der Waals surface area contributed by atoms with E-state index in [4.69, 9.17) is 5.73 Å². The summed E-state index contributed by atoms with van der Waals surface area (Å²) in [7, 11) is 0. The minimum atomic E-state index is -0.552. The van der Waals surface area contributed by atoms with Gasteiger partial charge in [-0.3, -0.25) is 24.2 Å². The molecule has 0 bridgehead atoms. The Bertz CT molecular complexity index is 668. The first kappa shape index (κ1) is 21.3. The molecular formula is C18H29N5O3S. The molecule has 150 valence electrons. The average molecular weight is 396 g/mol. The summed E-state index contributed by atoms with van der Waals surface area (Å²) < 4.78 is 0. The van der Waals surface area contributed by atoms with E-state index in [0.29, 0.717) is 42.7 Å². The molecule has 2 heterocycles. The Hall–Kier alpha value is -1.97. The zero-order chi connectivity index (χ0) is 20.0. The normalized spacial score (nSPS) is 16.9. The second-order valence-corrected chi connectivity index (χ2v) is 8.12. The van der Waals surface area contributed by atoms with E-state index in [1.807, 2.05) is 6.92 Å². The van der Waals surface area contributed by atoms with Crippen LogP contribution in [-0.4, -0.2) is 72.8 Å². The summed E-state index contributed by atoms with van der Waals surface area (Å²) in [4.78, 5) is 40.0. The van der Waals surface area contributed by atoms with Crippen LogP contribution in [0, 0.1) is 5.92 Å². The van der Waals surface area contributed by atoms with Crippen molar-refractivity contribution in [1.29, 1.82) is 0 Å². The van der Waals surface area contributed by atoms with Gasteiger partial charge in [0.25, 0.3) is 5.91 Å². The fourth-order valence-corrected chi connectivity index (χ4v) is 3.66. The number of hydrogen-bond acceptors (Lipinski definition) is 6. The second-order valence-electron chi connectivity index (χ2n) is 7.20. The van der Waals surface area contributed by atoms with Crippen molar-refractivity contribution in [3.05, 3.63) is 17.0 Å². The Kier molecular flexibility index (Phi) is 7.76. The van der Waals surface area contributed by atoms with E-state index in [-0.39, 0.29) is 17.9 Å². The third-order valence-corrected chi connectivity index (χ3v) is 5.41. The van der Waals surface area contributed by atoms with Crippen LogP contribution in [0.1, 0.15) is 31.1 Å². The van der Waals surface area contributed by atoms with Gasteiger partial charge in [0.15, 0.2) is 0 Å². The number of amides is 3. The third kappa shape index (κ3) is 6.30. The van der Waals surface area contributed by atoms with Gasteiger partial charge in [0.2, 0.25) is 11.8 Å². The third-order valence-electron chi connectivity index (χ3n) is 4.58. The molecule has 1 aromatic heterocycles. The maximum atomic E-state index is 12.5. The van der Waals surface area contributed by atoms with E-state index < -0.39 is 5.91 Å². The molecule has 0 aliphatic carbocycles. The van der Waals surface area contributed by atoms with E-state index in [2.05, 4.69) is 34.3 Å². The first-order valence-electron chi connectivity index (χ1n) is 9.19. The molecule has 9 heteroatoms. The number of nitrogens with zero attached hydrogens (tertiary/aromatic N) is 2. The number of rotatable bonds is 8. The van der Waals surface area contributed by atoms with Gasteiger partial charge < -0.3 is 16.4 Å². The predicted molar refractivity (Wildman–Crippen MR) is 107 cm³/mol. The Morgan fingerprint density at radius 2 is 1.85 bits per heavy atom. The molecule has 1 atom stereocenters. The number of nitrogens with one attached hydrogen (secondary N) is 2. The number of hydrogen-bond donors (Lipinski definition) is 3. The Morgan fingerprint density at radius 3 is 2.44 bits per heavy atom. The highest BCUT2D eigenvalue weighted by atomic mass is 32.1. The highest BCUT2D eigenvalue weighted by Gasteiger charge is 2.27. The molecule has 1 aliphatic rings. The molecule has 0 spiro atoms. The van der Waals surface area contributed by atoms with Crippen LogP contribution in [0.2, 0.25) is 0 Å². The van der Waals surface area contributed by atoms with Crippen LogP contribution >= 0.6 is 11.3 Å². The van der Waals surface area contributed by atoms with E-state index >= 15 is 0 Å². The lowest BCUT2D eigenvalue weighted by molar-refractivity contribution is -0.124. The number of carbonyl (C=O) groups excluding carboxylic acids is 3. The van der Waals surface area contributed by atoms with Gasteiger partial charge >= 0.3 is 0 Å². The van der Waals surface area contributed by atoms with Gasteiger partial charge in [0, 0.05) is 32.7 Å². The lowest BCUT2D eigenvalue weighted by Crippen LogP contribution is -2.54. The smallest absolute Gasteiger partial charge is 0.251 e. The molecule has 1 fully saturated rings. The van der Waals surface area contributed by atoms with E-state index in [1.165, 1.54) is 11.3 Å². The summed E-state index contributed by atoms with van der Waals surface area (Å²) >= 11 is 1.28. The van der Waals surface area contributed by atoms with Crippen LogP contribution < -0.4 is 16.4 Å². The molecule has 8 nitrogen and oxygen atoms in total. The molecule has 4 N–H and O–H groups in total. The Morgan fingerprint density at radius 1 is 1.19 bits per heavy atom. The van der Waals surface area contributed by atoms with Crippen molar-refractivity contribution in [3.63, 3.8) is 0 Å². The number of nitrogens with two attached hydrogens (primary N) is 1. The van der Waals surface area contributed by atoms with Gasteiger partial charge in [0.1, 0.15) is 5.00 Å². The van der Waals surface area contributed by atoms with Crippen LogP contribution in [0.4, 0.5) is 5.00 Å². The zero-order valence-corrected chi connectivity index (χ0v) is 17.0. The van der Waals surface area contributed by atoms with Crippen molar-refractivity contribution >= 4 is 34.1 Å². The van der Waals surface area contributed by atoms with Gasteiger partial charge in [-0.05, 0) is 24.3 Å². The number of piperazine rings is 1. The lowest BCUT2D eigenvalue weighted by atomic mass is 10.2. The molecule has 0 aromatic carbocycles. The van der Waals surface area contributed by atoms with Crippen molar-refractivity contribution in [3.8, 4) is 0 Å². The summed E-state index contributed by atoms with van der Waals surface area (Å²) in [6.07, 6.45) is 0. The fourth-order valence-electron chi connectivity index (χ4n) is 2.87. The first-order chi connectivity index (χ1) is 12.8. The standard InChI is InChI=1S/C18H29N5O3S/c1-12(2)10-20-15(24)11-22-5-7-23(8-6-22)13(3)17(26)21-18-14(16(19)25)4-9-27-18/h4,9,12-13H,5-8,10-11H2,1-3H3,(H2,19,25)(H,20,24)(H,21,26). The first-order valence-corrected chi connectivity index (χ1v) is 10.1. The van der Waals surface area contributed by atoms with Crippen molar-refractivity contribution in [1.82, 2.24) is 15.1 Å². The quantitative estimate of drug-likeness (QED) is 0.596. The van der Waals surface area contributed by atoms with Gasteiger partial charge in [-0.2, -0.15) is 0 Å². The van der Waals surface area contributed by atoms with Crippen molar-refractivity contribution < 1.29 is 14.4 Å². The number of anilines is 1. The summed E-state index contributed by atoms with van der Waals surface area (Å²) in [6.45, 7) is 9.93. The van der Waals surface area contributed by atoms with Crippen LogP contribution in [0.25, 0.3) is 0 Å². The molecule has 1 saturated heterocycles. The molecule has 0 radical (unpaired) electrons. The van der Waals surface area contributed by atoms with Crippen molar-refractivity contribution in [2.45, 2.75) is 26.8 Å².